The maximum atomic E-state index is 13.6. The van der Waals surface area contributed by atoms with Gasteiger partial charge in [-0.2, -0.15) is 0 Å². The summed E-state index contributed by atoms with van der Waals surface area (Å²) in [6.45, 7) is -0.864. The van der Waals surface area contributed by atoms with Crippen LogP contribution in [0.25, 0.3) is 0 Å². The van der Waals surface area contributed by atoms with E-state index in [-0.39, 0.29) is 93.8 Å². The second kappa shape index (κ2) is 14.1. The number of carbonyl (C=O) groups is 6. The van der Waals surface area contributed by atoms with Gasteiger partial charge in [0, 0.05) is 12.1 Å². The molecule has 0 radical (unpaired) electrons. The molecule has 0 spiro atoms. The summed E-state index contributed by atoms with van der Waals surface area (Å²) in [6, 6.07) is 6.41. The minimum Gasteiger partial charge on any atom is -0.456 e. The highest BCUT2D eigenvalue weighted by Crippen LogP contribution is 2.46. The zero-order chi connectivity index (χ0) is 34.5. The largest absolute Gasteiger partial charge is 0.456 e. The maximum Gasteiger partial charge on any atom is 0.329 e. The molecular formula is C30H16Cl8N2O7. The van der Waals surface area contributed by atoms with E-state index in [9.17, 15) is 28.8 Å². The van der Waals surface area contributed by atoms with Crippen molar-refractivity contribution in [2.24, 2.45) is 0 Å². The lowest BCUT2D eigenvalue weighted by molar-refractivity contribution is -0.147. The first kappa shape index (κ1) is 35.7. The van der Waals surface area contributed by atoms with Crippen molar-refractivity contribution in [1.29, 1.82) is 0 Å². The molecule has 2 aliphatic heterocycles. The number of unbranched alkanes of at least 4 members (excludes halogenated alkanes) is 1. The summed E-state index contributed by atoms with van der Waals surface area (Å²) in [5.41, 5.74) is -0.836. The van der Waals surface area contributed by atoms with Crippen molar-refractivity contribution >= 4 is 128 Å². The third-order valence-corrected chi connectivity index (χ3v) is 11.1. The van der Waals surface area contributed by atoms with Crippen molar-refractivity contribution in [3.8, 4) is 0 Å². The maximum absolute atomic E-state index is 13.6. The number of amides is 4. The molecule has 0 bridgehead atoms. The number of halogens is 8. The fraction of sp³-hybridized carbons (Fsp3) is 0.200. The van der Waals surface area contributed by atoms with Gasteiger partial charge in [0.25, 0.3) is 23.6 Å². The van der Waals surface area contributed by atoms with E-state index >= 15 is 0 Å². The number of Topliss-reactive ketones (excluding diaryl/α,β-unsaturated/α-hetero) is 1. The summed E-state index contributed by atoms with van der Waals surface area (Å²) in [7, 11) is 0. The number of hydrogen-bond donors (Lipinski definition) is 0. The summed E-state index contributed by atoms with van der Waals surface area (Å²) in [5, 5.41) is -2.04. The van der Waals surface area contributed by atoms with Gasteiger partial charge in [0.15, 0.2) is 12.4 Å². The fourth-order valence-corrected chi connectivity index (χ4v) is 7.18. The first-order valence-electron chi connectivity index (χ1n) is 13.4. The summed E-state index contributed by atoms with van der Waals surface area (Å²) in [4.78, 5) is 80.9. The number of carbonyl (C=O) groups excluding carboxylic acids is 6. The van der Waals surface area contributed by atoms with E-state index < -0.39 is 48.0 Å². The van der Waals surface area contributed by atoms with Gasteiger partial charge in [-0.3, -0.25) is 33.8 Å². The van der Waals surface area contributed by atoms with Crippen LogP contribution >= 0.6 is 92.8 Å². The zero-order valence-corrected chi connectivity index (χ0v) is 29.3. The third kappa shape index (κ3) is 6.22. The number of benzene rings is 3. The first-order valence-corrected chi connectivity index (χ1v) is 16.4. The second-order valence-corrected chi connectivity index (χ2v) is 13.2. The molecule has 0 fully saturated rings. The van der Waals surface area contributed by atoms with Crippen LogP contribution in [0.2, 0.25) is 40.2 Å². The van der Waals surface area contributed by atoms with Gasteiger partial charge >= 0.3 is 5.97 Å². The van der Waals surface area contributed by atoms with Crippen LogP contribution < -0.4 is 0 Å². The standard InChI is InChI=1S/C30H16Cl8N2O7/c31-18-14-15(19(32)23(36)22(18)35)27(43)39(26(14)42)9-5-4-8-12(30(46)47-10-13(41)11-6-2-1-3-7-11)40-28(44)16-17(29(40)45)21(34)25(38)24(37)20(16)33/h1-3,6-7,12H,4-5,8-10H2/t12-/m0/s1. The molecule has 0 unspecified atom stereocenters. The number of imide groups is 2. The Morgan fingerprint density at radius 1 is 0.596 bits per heavy atom. The monoisotopic (exact) mass is 796 g/mol. The summed E-state index contributed by atoms with van der Waals surface area (Å²) in [6.07, 6.45) is -0.0841. The lowest BCUT2D eigenvalue weighted by Gasteiger charge is -2.25. The van der Waals surface area contributed by atoms with Crippen LogP contribution in [0.4, 0.5) is 0 Å². The Bertz CT molecular complexity index is 1820. The molecule has 0 aromatic heterocycles. The van der Waals surface area contributed by atoms with Gasteiger partial charge in [-0.1, -0.05) is 123 Å². The summed E-state index contributed by atoms with van der Waals surface area (Å²) < 4.78 is 5.27. The Labute approximate surface area is 306 Å². The van der Waals surface area contributed by atoms with Crippen molar-refractivity contribution in [1.82, 2.24) is 9.80 Å². The normalized spacial score (nSPS) is 14.6. The Balaban J connectivity index is 1.36. The minimum atomic E-state index is -1.58. The highest BCUT2D eigenvalue weighted by Gasteiger charge is 2.47. The number of ether oxygens (including phenoxy) is 1. The van der Waals surface area contributed by atoms with Gasteiger partial charge in [-0.15, -0.1) is 0 Å². The van der Waals surface area contributed by atoms with Gasteiger partial charge in [-0.25, -0.2) is 4.79 Å². The van der Waals surface area contributed by atoms with Crippen LogP contribution in [0.5, 0.6) is 0 Å². The van der Waals surface area contributed by atoms with E-state index in [2.05, 4.69) is 0 Å². The molecule has 47 heavy (non-hydrogen) atoms. The van der Waals surface area contributed by atoms with Crippen LogP contribution in [0.15, 0.2) is 30.3 Å². The smallest absolute Gasteiger partial charge is 0.329 e. The average molecular weight is 800 g/mol. The number of hydrogen-bond acceptors (Lipinski definition) is 7. The highest BCUT2D eigenvalue weighted by atomic mass is 35.5. The molecule has 3 aromatic carbocycles. The average Bonchev–Trinajstić information content (AvgIpc) is 3.47. The van der Waals surface area contributed by atoms with Gasteiger partial charge in [0.05, 0.1) is 62.4 Å². The molecule has 0 N–H and O–H groups in total. The van der Waals surface area contributed by atoms with E-state index in [1.807, 2.05) is 0 Å². The van der Waals surface area contributed by atoms with Gasteiger partial charge in [0.1, 0.15) is 6.04 Å². The Morgan fingerprint density at radius 3 is 1.47 bits per heavy atom. The third-order valence-electron chi connectivity index (χ3n) is 7.45. The van der Waals surface area contributed by atoms with Crippen LogP contribution in [0.1, 0.15) is 71.1 Å². The Morgan fingerprint density at radius 2 is 1.02 bits per heavy atom. The van der Waals surface area contributed by atoms with Crippen LogP contribution in [0, 0.1) is 0 Å². The number of rotatable bonds is 10. The molecule has 244 valence electrons. The molecule has 3 aromatic rings. The molecule has 1 atom stereocenters. The summed E-state index contributed by atoms with van der Waals surface area (Å²) in [5.74, 6) is -5.13. The zero-order valence-electron chi connectivity index (χ0n) is 23.3. The van der Waals surface area contributed by atoms with Crippen LogP contribution in [-0.4, -0.2) is 64.4 Å². The van der Waals surface area contributed by atoms with Gasteiger partial charge in [-0.05, 0) is 19.3 Å². The Hall–Kier alpha value is -2.60. The second-order valence-electron chi connectivity index (χ2n) is 10.2. The lowest BCUT2D eigenvalue weighted by Crippen LogP contribution is -2.46. The van der Waals surface area contributed by atoms with Gasteiger partial charge < -0.3 is 4.74 Å². The molecule has 5 rings (SSSR count). The van der Waals surface area contributed by atoms with Crippen molar-refractivity contribution in [3.63, 3.8) is 0 Å². The first-order chi connectivity index (χ1) is 22.2. The van der Waals surface area contributed by atoms with E-state index in [4.69, 9.17) is 97.5 Å². The number of nitrogens with zero attached hydrogens (tertiary/aromatic N) is 2. The molecule has 9 nitrogen and oxygen atoms in total. The molecule has 0 saturated carbocycles. The van der Waals surface area contributed by atoms with E-state index in [1.165, 1.54) is 12.1 Å². The molecule has 17 heteroatoms. The number of fused-ring (bicyclic) bond motifs is 2. The lowest BCUT2D eigenvalue weighted by atomic mass is 10.1. The molecule has 2 aliphatic rings. The molecule has 4 amide bonds. The van der Waals surface area contributed by atoms with Crippen molar-refractivity contribution in [2.75, 3.05) is 13.2 Å². The van der Waals surface area contributed by atoms with Crippen molar-refractivity contribution < 1.29 is 33.5 Å². The molecule has 0 aliphatic carbocycles. The van der Waals surface area contributed by atoms with Crippen LogP contribution in [0.3, 0.4) is 0 Å². The fourth-order valence-electron chi connectivity index (χ4n) is 5.15. The predicted molar refractivity (Wildman–Crippen MR) is 178 cm³/mol. The minimum absolute atomic E-state index is 0.0547. The van der Waals surface area contributed by atoms with Crippen molar-refractivity contribution in [3.05, 3.63) is 98.3 Å². The van der Waals surface area contributed by atoms with Gasteiger partial charge in [0.2, 0.25) is 0 Å². The quantitative estimate of drug-likeness (QED) is 0.0503. The Kier molecular flexibility index (Phi) is 10.7. The molecule has 2 heterocycles. The van der Waals surface area contributed by atoms with Crippen LogP contribution in [-0.2, 0) is 9.53 Å². The summed E-state index contributed by atoms with van der Waals surface area (Å²) >= 11 is 49.3. The van der Waals surface area contributed by atoms with E-state index in [1.54, 1.807) is 18.2 Å². The van der Waals surface area contributed by atoms with Crippen molar-refractivity contribution in [2.45, 2.75) is 25.3 Å². The highest BCUT2D eigenvalue weighted by molar-refractivity contribution is 6.56. The predicted octanol–water partition coefficient (Wildman–Crippen LogP) is 8.77. The molecule has 0 saturated heterocycles. The van der Waals surface area contributed by atoms with E-state index in [0.29, 0.717) is 4.90 Å². The number of ketones is 1. The topological polar surface area (TPSA) is 118 Å². The van der Waals surface area contributed by atoms with E-state index in [0.717, 1.165) is 4.90 Å². The number of esters is 1. The SMILES string of the molecule is O=C(COC(=O)[C@H](CCCCN1C(=O)c2c(Cl)c(Cl)c(Cl)c(Cl)c2C1=O)N1C(=O)c2c(Cl)c(Cl)c(Cl)c(Cl)c2C1=O)c1ccccc1. The molecular weight excluding hydrogens is 784 g/mol.